The van der Waals surface area contributed by atoms with Crippen LogP contribution in [0.1, 0.15) is 53.2 Å². The van der Waals surface area contributed by atoms with E-state index in [1.54, 1.807) is 11.2 Å². The maximum atomic E-state index is 14.0. The van der Waals surface area contributed by atoms with Crippen LogP contribution in [0.3, 0.4) is 0 Å². The molecule has 2 aliphatic heterocycles. The summed E-state index contributed by atoms with van der Waals surface area (Å²) in [6.07, 6.45) is -1.44. The standard InChI is InChI=1S/C35H40ClF3N2O6S/c1-18-11-22(34-32(44)31(43)33(45)35(47-34)48-2)13-21(30(18)36)12-19-3-5-24(6-4-19)46-25-7-9-41(10-8-25)29(42)16-23(40)14-20-15-27(38)28(39)17-26(20)37/h3-6,11,13,15,17,23,25,31-35,43-45H,7-10,12,14,16,40H2,1-2H3/t23-,31+,32+,33-,34-,35+/m0/s1. The molecule has 0 aromatic heterocycles. The summed E-state index contributed by atoms with van der Waals surface area (Å²) < 4.78 is 52.9. The number of hydrogen-bond acceptors (Lipinski definition) is 8. The molecule has 48 heavy (non-hydrogen) atoms. The molecular weight excluding hydrogens is 669 g/mol. The molecule has 6 atom stereocenters. The summed E-state index contributed by atoms with van der Waals surface area (Å²) in [4.78, 5) is 14.5. The highest BCUT2D eigenvalue weighted by Gasteiger charge is 2.44. The molecule has 0 spiro atoms. The van der Waals surface area contributed by atoms with Crippen LogP contribution in [0.15, 0.2) is 48.5 Å². The Kier molecular flexibility index (Phi) is 12.0. The average molecular weight is 709 g/mol. The Hall–Kier alpha value is -2.84. The Morgan fingerprint density at radius 3 is 2.33 bits per heavy atom. The molecule has 0 unspecified atom stereocenters. The van der Waals surface area contributed by atoms with E-state index < -0.39 is 53.3 Å². The third-order valence-electron chi connectivity index (χ3n) is 8.91. The topological polar surface area (TPSA) is 125 Å². The zero-order valence-corrected chi connectivity index (χ0v) is 28.2. The van der Waals surface area contributed by atoms with Crippen LogP contribution < -0.4 is 10.5 Å². The lowest BCUT2D eigenvalue weighted by atomic mass is 9.91. The molecule has 1 amide bonds. The van der Waals surface area contributed by atoms with Crippen molar-refractivity contribution in [2.24, 2.45) is 5.73 Å². The van der Waals surface area contributed by atoms with Gasteiger partial charge in [-0.15, -0.1) is 11.8 Å². The molecule has 0 saturated carbocycles. The summed E-state index contributed by atoms with van der Waals surface area (Å²) in [5.41, 5.74) is 8.54. The molecule has 3 aromatic rings. The van der Waals surface area contributed by atoms with Gasteiger partial charge < -0.3 is 35.4 Å². The lowest BCUT2D eigenvalue weighted by molar-refractivity contribution is -0.200. The van der Waals surface area contributed by atoms with Gasteiger partial charge in [-0.3, -0.25) is 4.79 Å². The number of hydrogen-bond donors (Lipinski definition) is 4. The van der Waals surface area contributed by atoms with Gasteiger partial charge in [0, 0.05) is 49.5 Å². The second-order valence-corrected chi connectivity index (χ2v) is 13.8. The number of piperidine rings is 1. The summed E-state index contributed by atoms with van der Waals surface area (Å²) in [7, 11) is 0. The number of benzene rings is 3. The third kappa shape index (κ3) is 8.47. The molecule has 8 nitrogen and oxygen atoms in total. The largest absolute Gasteiger partial charge is 0.490 e. The van der Waals surface area contributed by atoms with Gasteiger partial charge >= 0.3 is 0 Å². The quantitative estimate of drug-likeness (QED) is 0.221. The summed E-state index contributed by atoms with van der Waals surface area (Å²) in [5.74, 6) is -2.83. The van der Waals surface area contributed by atoms with Crippen molar-refractivity contribution in [2.75, 3.05) is 19.3 Å². The van der Waals surface area contributed by atoms with Crippen molar-refractivity contribution in [3.63, 3.8) is 0 Å². The van der Waals surface area contributed by atoms with Crippen molar-refractivity contribution in [1.29, 1.82) is 0 Å². The first kappa shape index (κ1) is 36.4. The molecule has 0 bridgehead atoms. The van der Waals surface area contributed by atoms with Gasteiger partial charge in [0.15, 0.2) is 11.6 Å². The lowest BCUT2D eigenvalue weighted by Gasteiger charge is -2.40. The molecule has 13 heteroatoms. The predicted molar refractivity (Wildman–Crippen MR) is 177 cm³/mol. The Morgan fingerprint density at radius 1 is 1.00 bits per heavy atom. The molecule has 5 N–H and O–H groups in total. The summed E-state index contributed by atoms with van der Waals surface area (Å²) in [6, 6.07) is 11.8. The molecule has 2 aliphatic rings. The lowest BCUT2D eigenvalue weighted by Crippen LogP contribution is -2.52. The van der Waals surface area contributed by atoms with Gasteiger partial charge in [-0.25, -0.2) is 13.2 Å². The van der Waals surface area contributed by atoms with Crippen molar-refractivity contribution in [2.45, 2.75) is 81.0 Å². The highest BCUT2D eigenvalue weighted by Crippen LogP contribution is 2.38. The number of nitrogens with two attached hydrogens (primary N) is 1. The zero-order valence-electron chi connectivity index (χ0n) is 26.6. The van der Waals surface area contributed by atoms with Crippen LogP contribution in [0.5, 0.6) is 5.75 Å². The summed E-state index contributed by atoms with van der Waals surface area (Å²) in [5, 5.41) is 31.9. The van der Waals surface area contributed by atoms with E-state index in [2.05, 4.69) is 0 Å². The van der Waals surface area contributed by atoms with E-state index in [0.717, 1.165) is 22.8 Å². The summed E-state index contributed by atoms with van der Waals surface area (Å²) >= 11 is 7.93. The number of thioether (sulfide) groups is 1. The molecule has 2 saturated heterocycles. The maximum absolute atomic E-state index is 14.0. The highest BCUT2D eigenvalue weighted by molar-refractivity contribution is 7.99. The van der Waals surface area contributed by atoms with E-state index in [9.17, 15) is 33.3 Å². The highest BCUT2D eigenvalue weighted by atomic mass is 35.5. The predicted octanol–water partition coefficient (Wildman–Crippen LogP) is 4.83. The zero-order chi connectivity index (χ0) is 34.7. The number of aliphatic hydroxyl groups excluding tert-OH is 3. The van der Waals surface area contributed by atoms with Gasteiger partial charge in [-0.05, 0) is 72.0 Å². The smallest absolute Gasteiger partial charge is 0.224 e. The number of amides is 1. The number of aryl methyl sites for hydroxylation is 1. The maximum Gasteiger partial charge on any atom is 0.224 e. The fourth-order valence-electron chi connectivity index (χ4n) is 6.23. The minimum absolute atomic E-state index is 0.0461. The van der Waals surface area contributed by atoms with Crippen molar-refractivity contribution in [3.05, 3.63) is 98.8 Å². The van der Waals surface area contributed by atoms with Gasteiger partial charge in [-0.2, -0.15) is 0 Å². The molecule has 2 fully saturated rings. The van der Waals surface area contributed by atoms with Gasteiger partial charge in [0.1, 0.15) is 47.5 Å². The fraction of sp³-hybridized carbons (Fsp3) is 0.457. The van der Waals surface area contributed by atoms with E-state index in [4.69, 9.17) is 26.8 Å². The number of ether oxygens (including phenoxy) is 2. The normalized spacial score (nSPS) is 24.0. The Labute approximate surface area is 287 Å². The Morgan fingerprint density at radius 2 is 1.67 bits per heavy atom. The van der Waals surface area contributed by atoms with Crippen LogP contribution in [0.2, 0.25) is 5.02 Å². The van der Waals surface area contributed by atoms with E-state index in [-0.39, 0.29) is 30.4 Å². The second-order valence-electron chi connectivity index (χ2n) is 12.5. The van der Waals surface area contributed by atoms with E-state index in [0.29, 0.717) is 54.8 Å². The summed E-state index contributed by atoms with van der Waals surface area (Å²) in [6.45, 7) is 2.80. The number of carbonyl (C=O) groups excluding carboxylic acids is 1. The first-order valence-electron chi connectivity index (χ1n) is 15.8. The minimum Gasteiger partial charge on any atom is -0.490 e. The number of likely N-dealkylation sites (tertiary alicyclic amines) is 1. The average Bonchev–Trinajstić information content (AvgIpc) is 3.06. The first-order valence-corrected chi connectivity index (χ1v) is 17.4. The number of rotatable bonds is 10. The minimum atomic E-state index is -1.35. The third-order valence-corrected chi connectivity index (χ3v) is 10.3. The monoisotopic (exact) mass is 708 g/mol. The second kappa shape index (κ2) is 15.8. The molecule has 2 heterocycles. The van der Waals surface area contributed by atoms with Gasteiger partial charge in [0.2, 0.25) is 5.91 Å². The molecule has 0 aliphatic carbocycles. The van der Waals surface area contributed by atoms with Crippen LogP contribution in [0, 0.1) is 24.4 Å². The molecule has 3 aromatic carbocycles. The Bertz CT molecular complexity index is 1590. The van der Waals surface area contributed by atoms with E-state index in [1.165, 1.54) is 11.8 Å². The van der Waals surface area contributed by atoms with Crippen molar-refractivity contribution in [1.82, 2.24) is 4.90 Å². The van der Waals surface area contributed by atoms with Gasteiger partial charge in [0.05, 0.1) is 0 Å². The number of carbonyl (C=O) groups is 1. The molecular formula is C35H40ClF3N2O6S. The SMILES string of the molecule is CS[C@H]1O[C@@H](c2cc(C)c(Cl)c(Cc3ccc(OC4CCN(C(=O)C[C@@H](N)Cc5cc(F)c(F)cc5F)CC4)cc3)c2)[C@H](O)[C@@H](O)[C@@H]1O. The van der Waals surface area contributed by atoms with Crippen LogP contribution >= 0.6 is 23.4 Å². The molecule has 5 rings (SSSR count). The first-order chi connectivity index (χ1) is 22.8. The van der Waals surface area contributed by atoms with Crippen molar-refractivity contribution >= 4 is 29.3 Å². The molecule has 0 radical (unpaired) electrons. The number of halogens is 4. The van der Waals surface area contributed by atoms with Crippen molar-refractivity contribution < 1.29 is 42.8 Å². The molecule has 260 valence electrons. The van der Waals surface area contributed by atoms with Gasteiger partial charge in [-0.1, -0.05) is 35.9 Å². The van der Waals surface area contributed by atoms with E-state index >= 15 is 0 Å². The van der Waals surface area contributed by atoms with Gasteiger partial charge in [0.25, 0.3) is 0 Å². The van der Waals surface area contributed by atoms with E-state index in [1.807, 2.05) is 43.3 Å². The van der Waals surface area contributed by atoms with Crippen molar-refractivity contribution in [3.8, 4) is 5.75 Å². The number of nitrogens with zero attached hydrogens (tertiary/aromatic N) is 1. The fourth-order valence-corrected chi connectivity index (χ4v) is 7.08. The van der Waals surface area contributed by atoms with Crippen LogP contribution in [0.25, 0.3) is 0 Å². The number of aliphatic hydroxyl groups is 3. The van der Waals surface area contributed by atoms with Crippen LogP contribution in [-0.4, -0.2) is 81.4 Å². The van der Waals surface area contributed by atoms with Crippen LogP contribution in [0.4, 0.5) is 13.2 Å². The Balaban J connectivity index is 1.13. The van der Waals surface area contributed by atoms with Crippen LogP contribution in [-0.2, 0) is 22.4 Å².